The number of ether oxygens (including phenoxy) is 1. The van der Waals surface area contributed by atoms with Crippen LogP contribution in [0.3, 0.4) is 0 Å². The van der Waals surface area contributed by atoms with Gasteiger partial charge in [0.2, 0.25) is 11.8 Å². The molecule has 0 radical (unpaired) electrons. The quantitative estimate of drug-likeness (QED) is 0.811. The summed E-state index contributed by atoms with van der Waals surface area (Å²) in [7, 11) is 4.07. The lowest BCUT2D eigenvalue weighted by molar-refractivity contribution is 0.112. The van der Waals surface area contributed by atoms with Crippen LogP contribution in [-0.2, 0) is 0 Å². The lowest BCUT2D eigenvalue weighted by Crippen LogP contribution is -2.43. The first kappa shape index (κ1) is 15.5. The second-order valence-electron chi connectivity index (χ2n) is 5.91. The van der Waals surface area contributed by atoms with E-state index >= 15 is 0 Å². The molecule has 2 N–H and O–H groups in total. The largest absolute Gasteiger partial charge is 0.475 e. The molecule has 7 nitrogen and oxygen atoms in total. The molecule has 116 valence electrons. The lowest BCUT2D eigenvalue weighted by atomic mass is 10.1. The summed E-state index contributed by atoms with van der Waals surface area (Å²) in [5, 5.41) is 10.9. The molecule has 2 heterocycles. The third-order valence-electron chi connectivity index (χ3n) is 3.58. The molecule has 0 saturated carbocycles. The van der Waals surface area contributed by atoms with E-state index in [0.29, 0.717) is 24.1 Å². The molecule has 2 rings (SSSR count). The highest BCUT2D eigenvalue weighted by Crippen LogP contribution is 2.23. The van der Waals surface area contributed by atoms with Crippen LogP contribution in [0.25, 0.3) is 11.0 Å². The topological polar surface area (TPSA) is 79.0 Å². The number of hydrogen-bond donors (Lipinski definition) is 2. The van der Waals surface area contributed by atoms with Crippen molar-refractivity contribution in [1.82, 2.24) is 25.1 Å². The number of rotatable bonds is 7. The average Bonchev–Trinajstić information content (AvgIpc) is 2.90. The number of nitrogens with zero attached hydrogens (tertiary/aromatic N) is 4. The molecule has 0 saturated heterocycles. The van der Waals surface area contributed by atoms with Crippen molar-refractivity contribution in [3.8, 4) is 5.88 Å². The Kier molecular flexibility index (Phi) is 4.62. The first-order valence-electron chi connectivity index (χ1n) is 7.19. The van der Waals surface area contributed by atoms with Crippen LogP contribution in [-0.4, -0.2) is 57.9 Å². The van der Waals surface area contributed by atoms with Crippen LogP contribution in [0.1, 0.15) is 27.2 Å². The molecule has 2 aromatic rings. The van der Waals surface area contributed by atoms with Gasteiger partial charge in [-0.05, 0) is 34.4 Å². The van der Waals surface area contributed by atoms with Crippen LogP contribution in [0, 0.1) is 0 Å². The van der Waals surface area contributed by atoms with Crippen molar-refractivity contribution < 1.29 is 4.74 Å². The minimum Gasteiger partial charge on any atom is -0.475 e. The highest BCUT2D eigenvalue weighted by molar-refractivity contribution is 5.80. The van der Waals surface area contributed by atoms with E-state index in [9.17, 15) is 0 Å². The maximum absolute atomic E-state index is 5.93. The zero-order valence-electron chi connectivity index (χ0n) is 13.4. The van der Waals surface area contributed by atoms with E-state index in [0.717, 1.165) is 18.4 Å². The van der Waals surface area contributed by atoms with Crippen LogP contribution < -0.4 is 10.1 Å². The van der Waals surface area contributed by atoms with E-state index in [2.05, 4.69) is 51.2 Å². The Balaban J connectivity index is 2.22. The van der Waals surface area contributed by atoms with Crippen molar-refractivity contribution in [2.45, 2.75) is 32.7 Å². The molecule has 0 aliphatic rings. The summed E-state index contributed by atoms with van der Waals surface area (Å²) < 4.78 is 5.93. The molecule has 0 unspecified atom stereocenters. The van der Waals surface area contributed by atoms with Crippen molar-refractivity contribution in [2.75, 3.05) is 32.6 Å². The predicted molar refractivity (Wildman–Crippen MR) is 83.7 cm³/mol. The fraction of sp³-hybridized carbons (Fsp3) is 0.643. The van der Waals surface area contributed by atoms with E-state index in [-0.39, 0.29) is 5.54 Å². The van der Waals surface area contributed by atoms with E-state index in [4.69, 9.17) is 4.74 Å². The standard InChI is InChI=1S/C14H24N6O/c1-6-7-15-13-17-11-10(8-16-19-11)12(18-13)21-9-14(2,3)20(4)5/h8H,6-7,9H2,1-5H3,(H2,15,16,17,18,19). The Bertz CT molecular complexity index is 592. The number of aromatic nitrogens is 4. The van der Waals surface area contributed by atoms with E-state index in [1.807, 2.05) is 14.1 Å². The van der Waals surface area contributed by atoms with Crippen molar-refractivity contribution in [3.63, 3.8) is 0 Å². The lowest BCUT2D eigenvalue weighted by Gasteiger charge is -2.31. The van der Waals surface area contributed by atoms with Gasteiger partial charge in [-0.2, -0.15) is 15.1 Å². The second kappa shape index (κ2) is 6.26. The van der Waals surface area contributed by atoms with Crippen molar-refractivity contribution in [1.29, 1.82) is 0 Å². The maximum atomic E-state index is 5.93. The monoisotopic (exact) mass is 292 g/mol. The third-order valence-corrected chi connectivity index (χ3v) is 3.58. The van der Waals surface area contributed by atoms with Crippen LogP contribution in [0.4, 0.5) is 5.95 Å². The molecular formula is C14H24N6O. The molecule has 0 aromatic carbocycles. The second-order valence-corrected chi connectivity index (χ2v) is 5.91. The maximum Gasteiger partial charge on any atom is 0.229 e. The molecule has 7 heteroatoms. The number of aromatic amines is 1. The first-order chi connectivity index (χ1) is 9.94. The first-order valence-corrected chi connectivity index (χ1v) is 7.19. The van der Waals surface area contributed by atoms with Gasteiger partial charge in [-0.15, -0.1) is 0 Å². The van der Waals surface area contributed by atoms with Crippen molar-refractivity contribution in [3.05, 3.63) is 6.20 Å². The number of fused-ring (bicyclic) bond motifs is 1. The van der Waals surface area contributed by atoms with E-state index in [1.165, 1.54) is 0 Å². The van der Waals surface area contributed by atoms with Gasteiger partial charge in [-0.25, -0.2) is 0 Å². The fourth-order valence-corrected chi connectivity index (χ4v) is 1.61. The zero-order valence-corrected chi connectivity index (χ0v) is 13.4. The molecule has 0 fully saturated rings. The molecule has 0 aliphatic carbocycles. The van der Waals surface area contributed by atoms with Crippen molar-refractivity contribution in [2.24, 2.45) is 0 Å². The smallest absolute Gasteiger partial charge is 0.229 e. The Hall–Kier alpha value is -1.89. The normalized spacial score (nSPS) is 12.1. The van der Waals surface area contributed by atoms with Gasteiger partial charge >= 0.3 is 0 Å². The predicted octanol–water partition coefficient (Wildman–Crippen LogP) is 1.89. The highest BCUT2D eigenvalue weighted by atomic mass is 16.5. The minimum absolute atomic E-state index is 0.0853. The molecule has 2 aromatic heterocycles. The van der Waals surface area contributed by atoms with Gasteiger partial charge in [0.15, 0.2) is 5.65 Å². The summed E-state index contributed by atoms with van der Waals surface area (Å²) in [5.41, 5.74) is 0.596. The van der Waals surface area contributed by atoms with Crippen LogP contribution in [0.2, 0.25) is 0 Å². The average molecular weight is 292 g/mol. The molecule has 0 aliphatic heterocycles. The highest BCUT2D eigenvalue weighted by Gasteiger charge is 2.22. The number of anilines is 1. The van der Waals surface area contributed by atoms with Gasteiger partial charge in [0, 0.05) is 12.1 Å². The molecule has 21 heavy (non-hydrogen) atoms. The van der Waals surface area contributed by atoms with Gasteiger partial charge < -0.3 is 15.0 Å². The van der Waals surface area contributed by atoms with E-state index in [1.54, 1.807) is 6.20 Å². The van der Waals surface area contributed by atoms with Gasteiger partial charge in [-0.3, -0.25) is 5.10 Å². The van der Waals surface area contributed by atoms with Gasteiger partial charge in [-0.1, -0.05) is 6.92 Å². The SMILES string of the molecule is CCCNc1nc(OCC(C)(C)N(C)C)c2cn[nH]c2n1. The number of nitrogens with one attached hydrogen (secondary N) is 2. The van der Waals surface area contributed by atoms with Gasteiger partial charge in [0.1, 0.15) is 12.0 Å². The summed E-state index contributed by atoms with van der Waals surface area (Å²) in [4.78, 5) is 11.0. The Morgan fingerprint density at radius 3 is 2.76 bits per heavy atom. The van der Waals surface area contributed by atoms with E-state index < -0.39 is 0 Å². The number of hydrogen-bond acceptors (Lipinski definition) is 6. The summed E-state index contributed by atoms with van der Waals surface area (Å²) in [5.74, 6) is 1.12. The third kappa shape index (κ3) is 3.60. The molecular weight excluding hydrogens is 268 g/mol. The molecule has 0 atom stereocenters. The molecule has 0 amide bonds. The summed E-state index contributed by atoms with van der Waals surface area (Å²) in [6.45, 7) is 7.69. The van der Waals surface area contributed by atoms with Crippen LogP contribution >= 0.6 is 0 Å². The van der Waals surface area contributed by atoms with Crippen LogP contribution in [0.15, 0.2) is 6.20 Å². The summed E-state index contributed by atoms with van der Waals surface area (Å²) in [6, 6.07) is 0. The Morgan fingerprint density at radius 2 is 2.10 bits per heavy atom. The Morgan fingerprint density at radius 1 is 1.33 bits per heavy atom. The summed E-state index contributed by atoms with van der Waals surface area (Å²) >= 11 is 0. The van der Waals surface area contributed by atoms with Crippen molar-refractivity contribution >= 4 is 17.0 Å². The van der Waals surface area contributed by atoms with Crippen LogP contribution in [0.5, 0.6) is 5.88 Å². The zero-order chi connectivity index (χ0) is 15.5. The molecule has 0 bridgehead atoms. The molecule has 0 spiro atoms. The minimum atomic E-state index is -0.0853. The number of likely N-dealkylation sites (N-methyl/N-ethyl adjacent to an activating group) is 1. The van der Waals surface area contributed by atoms with Gasteiger partial charge in [0.25, 0.3) is 0 Å². The summed E-state index contributed by atoms with van der Waals surface area (Å²) in [6.07, 6.45) is 2.70. The number of H-pyrrole nitrogens is 1. The fourth-order valence-electron chi connectivity index (χ4n) is 1.61. The van der Waals surface area contributed by atoms with Gasteiger partial charge in [0.05, 0.1) is 6.20 Å². The Labute approximate surface area is 125 Å².